The van der Waals surface area contributed by atoms with Crippen molar-refractivity contribution in [3.63, 3.8) is 0 Å². The molecule has 0 aliphatic rings. The van der Waals surface area contributed by atoms with Crippen molar-refractivity contribution in [1.82, 2.24) is 5.32 Å². The zero-order valence-electron chi connectivity index (χ0n) is 11.0. The smallest absolute Gasteiger partial charge is 0.331 e. The van der Waals surface area contributed by atoms with Gasteiger partial charge in [-0.1, -0.05) is 12.1 Å². The van der Waals surface area contributed by atoms with Gasteiger partial charge in [0.25, 0.3) is 0 Å². The van der Waals surface area contributed by atoms with Crippen molar-refractivity contribution in [1.29, 1.82) is 0 Å². The number of carbonyl (C=O) groups excluding carboxylic acids is 2. The van der Waals surface area contributed by atoms with E-state index in [4.69, 9.17) is 5.21 Å². The lowest BCUT2D eigenvalue weighted by Gasteiger charge is -2.22. The SMILES string of the molecule is COC(=O)[C@H](NC(C)=O)[C@H](O)c1cccc([NH+]([O-])O)c1. The minimum Gasteiger partial charge on any atom is -0.595 e. The van der Waals surface area contributed by atoms with E-state index in [2.05, 4.69) is 10.1 Å². The highest BCUT2D eigenvalue weighted by Gasteiger charge is 2.30. The van der Waals surface area contributed by atoms with Gasteiger partial charge in [0.15, 0.2) is 11.7 Å². The van der Waals surface area contributed by atoms with Gasteiger partial charge < -0.3 is 20.4 Å². The van der Waals surface area contributed by atoms with Gasteiger partial charge in [-0.05, 0) is 5.56 Å². The molecular formula is C12H16N2O6. The molecule has 0 fully saturated rings. The molecule has 0 aliphatic heterocycles. The third-order valence-electron chi connectivity index (χ3n) is 2.60. The Morgan fingerprint density at radius 1 is 1.45 bits per heavy atom. The van der Waals surface area contributed by atoms with E-state index in [1.807, 2.05) is 0 Å². The molecule has 0 aromatic heterocycles. The molecule has 0 aliphatic carbocycles. The van der Waals surface area contributed by atoms with E-state index in [0.29, 0.717) is 0 Å². The molecule has 0 radical (unpaired) electrons. The standard InChI is InChI=1S/C12H16N2O6/c1-7(15)13-10(12(17)20-2)11(16)8-4-3-5-9(6-8)14(18)19/h3-6,10-11,14,16,18H,1-2H3,(H,13,15)/t10-,11-/m1/s1. The molecule has 0 spiro atoms. The van der Waals surface area contributed by atoms with Crippen LogP contribution in [0.15, 0.2) is 24.3 Å². The molecule has 1 amide bonds. The van der Waals surface area contributed by atoms with Crippen LogP contribution in [0.5, 0.6) is 0 Å². The maximum atomic E-state index is 11.6. The van der Waals surface area contributed by atoms with E-state index in [9.17, 15) is 19.9 Å². The number of hydrogen-bond donors (Lipinski definition) is 4. The summed E-state index contributed by atoms with van der Waals surface area (Å²) in [5.41, 5.74) is 0.155. The van der Waals surface area contributed by atoms with Crippen LogP contribution < -0.4 is 10.5 Å². The molecule has 0 saturated heterocycles. The third-order valence-corrected chi connectivity index (χ3v) is 2.60. The predicted octanol–water partition coefficient (Wildman–Crippen LogP) is -1.20. The van der Waals surface area contributed by atoms with Crippen molar-refractivity contribution in [2.24, 2.45) is 0 Å². The Hall–Kier alpha value is -2.00. The maximum absolute atomic E-state index is 11.6. The van der Waals surface area contributed by atoms with Crippen LogP contribution in [0.1, 0.15) is 18.6 Å². The number of hydrogen-bond acceptors (Lipinski definition) is 6. The first-order chi connectivity index (χ1) is 9.36. The van der Waals surface area contributed by atoms with Crippen LogP contribution in [0.3, 0.4) is 0 Å². The molecule has 110 valence electrons. The molecular weight excluding hydrogens is 268 g/mol. The minimum absolute atomic E-state index is 0.0343. The van der Waals surface area contributed by atoms with Crippen LogP contribution in [0, 0.1) is 5.21 Å². The Labute approximate surface area is 115 Å². The lowest BCUT2D eigenvalue weighted by Crippen LogP contribution is -2.99. The summed E-state index contributed by atoms with van der Waals surface area (Å²) >= 11 is 0. The van der Waals surface area contributed by atoms with Crippen molar-refractivity contribution in [2.45, 2.75) is 19.1 Å². The molecule has 1 rings (SSSR count). The maximum Gasteiger partial charge on any atom is 0.331 e. The van der Waals surface area contributed by atoms with E-state index in [1.165, 1.54) is 31.2 Å². The van der Waals surface area contributed by atoms with Gasteiger partial charge in [0.2, 0.25) is 5.91 Å². The number of esters is 1. The number of quaternary nitrogens is 1. The number of nitrogens with one attached hydrogen (secondary N) is 2. The molecule has 8 heteroatoms. The van der Waals surface area contributed by atoms with Gasteiger partial charge in [-0.15, -0.1) is 0 Å². The normalized spacial score (nSPS) is 15.1. The van der Waals surface area contributed by atoms with Crippen molar-refractivity contribution in [2.75, 3.05) is 7.11 Å². The van der Waals surface area contributed by atoms with Gasteiger partial charge in [0, 0.05) is 19.1 Å². The second-order valence-electron chi connectivity index (χ2n) is 4.08. The topological polar surface area (TPSA) is 123 Å². The molecule has 3 atom stereocenters. The summed E-state index contributed by atoms with van der Waals surface area (Å²) in [5, 5.41) is 31.0. The second kappa shape index (κ2) is 6.96. The van der Waals surface area contributed by atoms with E-state index in [1.54, 1.807) is 0 Å². The highest BCUT2D eigenvalue weighted by atomic mass is 16.8. The molecule has 1 aromatic carbocycles. The van der Waals surface area contributed by atoms with Crippen molar-refractivity contribution < 1.29 is 29.9 Å². The molecule has 8 nitrogen and oxygen atoms in total. The van der Waals surface area contributed by atoms with Crippen LogP contribution in [0.4, 0.5) is 5.69 Å². The summed E-state index contributed by atoms with van der Waals surface area (Å²) in [7, 11) is 1.12. The van der Waals surface area contributed by atoms with E-state index in [0.717, 1.165) is 7.11 Å². The van der Waals surface area contributed by atoms with Crippen LogP contribution in [0.25, 0.3) is 0 Å². The summed E-state index contributed by atoms with van der Waals surface area (Å²) in [5.74, 6) is -1.35. The van der Waals surface area contributed by atoms with E-state index < -0.39 is 29.2 Å². The fourth-order valence-electron chi connectivity index (χ4n) is 1.66. The van der Waals surface area contributed by atoms with Gasteiger partial charge in [-0.2, -0.15) is 5.23 Å². The van der Waals surface area contributed by atoms with E-state index in [-0.39, 0.29) is 11.3 Å². The summed E-state index contributed by atoms with van der Waals surface area (Å²) in [6.07, 6.45) is -1.41. The second-order valence-corrected chi connectivity index (χ2v) is 4.08. The quantitative estimate of drug-likeness (QED) is 0.398. The van der Waals surface area contributed by atoms with Crippen molar-refractivity contribution in [3.05, 3.63) is 35.0 Å². The molecule has 4 N–H and O–H groups in total. The Kier molecular flexibility index (Phi) is 5.59. The minimum atomic E-state index is -1.41. The average molecular weight is 284 g/mol. The number of benzene rings is 1. The number of rotatable bonds is 5. The molecule has 0 saturated carbocycles. The lowest BCUT2D eigenvalue weighted by atomic mass is 10.0. The lowest BCUT2D eigenvalue weighted by molar-refractivity contribution is -0.991. The van der Waals surface area contributed by atoms with E-state index >= 15 is 0 Å². The van der Waals surface area contributed by atoms with Crippen molar-refractivity contribution >= 4 is 17.6 Å². The third kappa shape index (κ3) is 4.00. The molecule has 0 bridgehead atoms. The van der Waals surface area contributed by atoms with Crippen LogP contribution in [0.2, 0.25) is 0 Å². The molecule has 1 aromatic rings. The fraction of sp³-hybridized carbons (Fsp3) is 0.333. The summed E-state index contributed by atoms with van der Waals surface area (Å²) < 4.78 is 4.50. The number of aliphatic hydroxyl groups excluding tert-OH is 1. The zero-order valence-corrected chi connectivity index (χ0v) is 11.0. The first-order valence-corrected chi connectivity index (χ1v) is 5.73. The first kappa shape index (κ1) is 16.1. The van der Waals surface area contributed by atoms with Crippen molar-refractivity contribution in [3.8, 4) is 0 Å². The molecule has 1 unspecified atom stereocenters. The Morgan fingerprint density at radius 3 is 2.60 bits per heavy atom. The summed E-state index contributed by atoms with van der Waals surface area (Å²) in [4.78, 5) is 22.6. The van der Waals surface area contributed by atoms with Gasteiger partial charge in [0.1, 0.15) is 6.10 Å². The zero-order chi connectivity index (χ0) is 15.3. The summed E-state index contributed by atoms with van der Waals surface area (Å²) in [6, 6.07) is 4.16. The number of aliphatic hydroxyl groups is 1. The van der Waals surface area contributed by atoms with Crippen LogP contribution >= 0.6 is 0 Å². The van der Waals surface area contributed by atoms with Gasteiger partial charge >= 0.3 is 5.97 Å². The largest absolute Gasteiger partial charge is 0.595 e. The monoisotopic (exact) mass is 284 g/mol. The number of carbonyl (C=O) groups is 2. The number of ether oxygens (including phenoxy) is 1. The predicted molar refractivity (Wildman–Crippen MR) is 66.8 cm³/mol. The highest BCUT2D eigenvalue weighted by molar-refractivity contribution is 5.83. The van der Waals surface area contributed by atoms with Gasteiger partial charge in [-0.25, -0.2) is 10.0 Å². The first-order valence-electron chi connectivity index (χ1n) is 5.73. The average Bonchev–Trinajstić information content (AvgIpc) is 2.43. The molecule has 0 heterocycles. The van der Waals surface area contributed by atoms with Gasteiger partial charge in [0.05, 0.1) is 7.11 Å². The number of methoxy groups -OCH3 is 1. The van der Waals surface area contributed by atoms with Gasteiger partial charge in [-0.3, -0.25) is 4.79 Å². The van der Waals surface area contributed by atoms with Crippen LogP contribution in [-0.4, -0.2) is 35.3 Å². The van der Waals surface area contributed by atoms with Crippen LogP contribution in [-0.2, 0) is 14.3 Å². The molecule has 20 heavy (non-hydrogen) atoms. The summed E-state index contributed by atoms with van der Waals surface area (Å²) in [6.45, 7) is 1.19. The Balaban J connectivity index is 3.04. The fourth-order valence-corrected chi connectivity index (χ4v) is 1.66. The highest BCUT2D eigenvalue weighted by Crippen LogP contribution is 2.20. The Morgan fingerprint density at radius 2 is 2.10 bits per heavy atom. The number of amides is 1. The Bertz CT molecular complexity index is 491.